The van der Waals surface area contributed by atoms with Gasteiger partial charge in [0.2, 0.25) is 0 Å². The van der Waals surface area contributed by atoms with Crippen LogP contribution in [0.3, 0.4) is 0 Å². The van der Waals surface area contributed by atoms with E-state index in [9.17, 15) is 0 Å². The lowest BCUT2D eigenvalue weighted by molar-refractivity contribution is 0.400. The quantitative estimate of drug-likeness (QED) is 0.374. The van der Waals surface area contributed by atoms with Crippen LogP contribution in [0.15, 0.2) is 12.5 Å². The van der Waals surface area contributed by atoms with Gasteiger partial charge in [0.1, 0.15) is 0 Å². The summed E-state index contributed by atoms with van der Waals surface area (Å²) in [6, 6.07) is 0.101. The van der Waals surface area contributed by atoms with Crippen molar-refractivity contribution in [2.24, 2.45) is 5.73 Å². The number of nitrogens with zero attached hydrogens (tertiary/aromatic N) is 1. The van der Waals surface area contributed by atoms with Crippen molar-refractivity contribution in [1.82, 2.24) is 9.97 Å². The first-order chi connectivity index (χ1) is 7.18. The number of hydrogen-bond donors (Lipinski definition) is 4. The lowest BCUT2D eigenvalue weighted by Gasteiger charge is -2.09. The first-order valence-corrected chi connectivity index (χ1v) is 5.28. The molecule has 1 unspecified atom stereocenters. The molecule has 0 aliphatic carbocycles. The number of H-pyrrole nitrogens is 1. The molecule has 0 amide bonds. The lowest BCUT2D eigenvalue weighted by Crippen LogP contribution is -2.23. The van der Waals surface area contributed by atoms with Crippen LogP contribution < -0.4 is 5.73 Å². The third-order valence-electron chi connectivity index (χ3n) is 2.31. The third-order valence-corrected chi connectivity index (χ3v) is 2.31. The standard InChI is InChI=1S/C9H18BN3O2/c11-8(3-1-2-4-10(14)15)5-9-6-12-7-13-9/h6-8,14-15H,1-5,11H2,(H,12,13). The Morgan fingerprint density at radius 2 is 2.27 bits per heavy atom. The van der Waals surface area contributed by atoms with E-state index < -0.39 is 7.12 Å². The number of unbranched alkanes of at least 4 members (excludes halogenated alkanes) is 1. The van der Waals surface area contributed by atoms with Crippen LogP contribution in [0.2, 0.25) is 6.32 Å². The number of aromatic nitrogens is 2. The highest BCUT2D eigenvalue weighted by atomic mass is 16.4. The van der Waals surface area contributed by atoms with Gasteiger partial charge >= 0.3 is 7.12 Å². The number of hydrogen-bond acceptors (Lipinski definition) is 4. The normalized spacial score (nSPS) is 12.7. The maximum absolute atomic E-state index is 8.64. The second kappa shape index (κ2) is 6.60. The predicted octanol–water partition coefficient (Wildman–Crippen LogP) is -0.0774. The maximum atomic E-state index is 8.64. The third kappa shape index (κ3) is 5.56. The Balaban J connectivity index is 2.06. The average molecular weight is 211 g/mol. The highest BCUT2D eigenvalue weighted by Crippen LogP contribution is 2.07. The smallest absolute Gasteiger partial charge is 0.427 e. The summed E-state index contributed by atoms with van der Waals surface area (Å²) in [4.78, 5) is 6.98. The Hall–Kier alpha value is -0.845. The van der Waals surface area contributed by atoms with Gasteiger partial charge in [0.05, 0.1) is 12.0 Å². The zero-order valence-electron chi connectivity index (χ0n) is 8.76. The Kier molecular flexibility index (Phi) is 5.38. The van der Waals surface area contributed by atoms with E-state index in [4.69, 9.17) is 15.8 Å². The second-order valence-corrected chi connectivity index (χ2v) is 3.79. The molecule has 6 heteroatoms. The van der Waals surface area contributed by atoms with Gasteiger partial charge in [-0.05, 0) is 12.7 Å². The van der Waals surface area contributed by atoms with Crippen molar-refractivity contribution in [1.29, 1.82) is 0 Å². The first-order valence-electron chi connectivity index (χ1n) is 5.28. The molecule has 0 aliphatic rings. The summed E-state index contributed by atoms with van der Waals surface area (Å²) in [5.74, 6) is 0. The largest absolute Gasteiger partial charge is 0.451 e. The van der Waals surface area contributed by atoms with Crippen molar-refractivity contribution in [2.75, 3.05) is 0 Å². The molecule has 5 nitrogen and oxygen atoms in total. The lowest BCUT2D eigenvalue weighted by atomic mass is 9.83. The van der Waals surface area contributed by atoms with E-state index in [0.29, 0.717) is 6.32 Å². The van der Waals surface area contributed by atoms with Crippen molar-refractivity contribution < 1.29 is 10.0 Å². The Labute approximate surface area is 89.9 Å². The average Bonchev–Trinajstić information content (AvgIpc) is 2.64. The van der Waals surface area contributed by atoms with E-state index in [-0.39, 0.29) is 6.04 Å². The van der Waals surface area contributed by atoms with Gasteiger partial charge in [-0.1, -0.05) is 12.8 Å². The van der Waals surface area contributed by atoms with E-state index in [1.807, 2.05) is 6.20 Å². The minimum atomic E-state index is -1.19. The molecule has 0 saturated heterocycles. The van der Waals surface area contributed by atoms with E-state index in [1.165, 1.54) is 0 Å². The van der Waals surface area contributed by atoms with Crippen molar-refractivity contribution in [3.8, 4) is 0 Å². The number of nitrogens with one attached hydrogen (secondary N) is 1. The van der Waals surface area contributed by atoms with E-state index in [1.54, 1.807) is 6.33 Å². The van der Waals surface area contributed by atoms with Gasteiger partial charge in [-0.2, -0.15) is 0 Å². The fourth-order valence-corrected chi connectivity index (χ4v) is 1.51. The zero-order chi connectivity index (χ0) is 11.1. The van der Waals surface area contributed by atoms with Crippen LogP contribution in [0.1, 0.15) is 25.0 Å². The molecule has 0 bridgehead atoms. The van der Waals surface area contributed by atoms with Gasteiger partial charge in [0.15, 0.2) is 0 Å². The molecule has 1 rings (SSSR count). The molecular formula is C9H18BN3O2. The Morgan fingerprint density at radius 3 is 2.87 bits per heavy atom. The maximum Gasteiger partial charge on any atom is 0.451 e. The Bertz CT molecular complexity index is 254. The predicted molar refractivity (Wildman–Crippen MR) is 59.1 cm³/mol. The highest BCUT2D eigenvalue weighted by Gasteiger charge is 2.08. The summed E-state index contributed by atoms with van der Waals surface area (Å²) in [6.07, 6.45) is 7.29. The monoisotopic (exact) mass is 211 g/mol. The van der Waals surface area contributed by atoms with Crippen LogP contribution >= 0.6 is 0 Å². The van der Waals surface area contributed by atoms with Gasteiger partial charge in [-0.3, -0.25) is 0 Å². The molecule has 0 saturated carbocycles. The summed E-state index contributed by atoms with van der Waals surface area (Å²) in [6.45, 7) is 0. The second-order valence-electron chi connectivity index (χ2n) is 3.79. The van der Waals surface area contributed by atoms with E-state index in [0.717, 1.165) is 31.4 Å². The summed E-state index contributed by atoms with van der Waals surface area (Å²) in [5, 5.41) is 17.3. The Morgan fingerprint density at radius 1 is 1.47 bits per heavy atom. The molecule has 84 valence electrons. The van der Waals surface area contributed by atoms with E-state index >= 15 is 0 Å². The molecule has 1 aromatic heterocycles. The molecule has 0 fully saturated rings. The van der Waals surface area contributed by atoms with Crippen LogP contribution in [-0.2, 0) is 6.42 Å². The highest BCUT2D eigenvalue weighted by molar-refractivity contribution is 6.40. The van der Waals surface area contributed by atoms with Crippen molar-refractivity contribution in [2.45, 2.75) is 38.0 Å². The van der Waals surface area contributed by atoms with Gasteiger partial charge in [0.25, 0.3) is 0 Å². The minimum absolute atomic E-state index is 0.101. The van der Waals surface area contributed by atoms with Crippen LogP contribution in [0.5, 0.6) is 0 Å². The fraction of sp³-hybridized carbons (Fsp3) is 0.667. The van der Waals surface area contributed by atoms with Gasteiger partial charge in [-0.25, -0.2) is 4.98 Å². The molecule has 1 atom stereocenters. The molecule has 15 heavy (non-hydrogen) atoms. The van der Waals surface area contributed by atoms with E-state index in [2.05, 4.69) is 9.97 Å². The molecule has 1 aromatic rings. The van der Waals surface area contributed by atoms with Gasteiger partial charge in [-0.15, -0.1) is 0 Å². The number of imidazole rings is 1. The number of aromatic amines is 1. The molecule has 1 heterocycles. The first kappa shape index (κ1) is 12.2. The van der Waals surface area contributed by atoms with Crippen molar-refractivity contribution >= 4 is 7.12 Å². The SMILES string of the molecule is NC(CCCCB(O)O)Cc1c[nH]cn1. The zero-order valence-corrected chi connectivity index (χ0v) is 8.76. The number of nitrogens with two attached hydrogens (primary N) is 1. The van der Waals surface area contributed by atoms with Crippen LogP contribution in [0, 0.1) is 0 Å². The summed E-state index contributed by atoms with van der Waals surface area (Å²) in [7, 11) is -1.19. The van der Waals surface area contributed by atoms with Crippen LogP contribution in [0.25, 0.3) is 0 Å². The molecular weight excluding hydrogens is 193 g/mol. The molecule has 0 aromatic carbocycles. The van der Waals surface area contributed by atoms with Crippen molar-refractivity contribution in [3.05, 3.63) is 18.2 Å². The van der Waals surface area contributed by atoms with Crippen molar-refractivity contribution in [3.63, 3.8) is 0 Å². The molecule has 0 radical (unpaired) electrons. The molecule has 5 N–H and O–H groups in total. The van der Waals surface area contributed by atoms with Gasteiger partial charge < -0.3 is 20.8 Å². The summed E-state index contributed by atoms with van der Waals surface area (Å²) >= 11 is 0. The topological polar surface area (TPSA) is 95.2 Å². The molecule has 0 aliphatic heterocycles. The van der Waals surface area contributed by atoms with Crippen LogP contribution in [-0.4, -0.2) is 33.2 Å². The summed E-state index contributed by atoms with van der Waals surface area (Å²) in [5.41, 5.74) is 6.88. The minimum Gasteiger partial charge on any atom is -0.427 e. The fourth-order valence-electron chi connectivity index (χ4n) is 1.51. The number of rotatable bonds is 7. The summed E-state index contributed by atoms with van der Waals surface area (Å²) < 4.78 is 0. The molecule has 0 spiro atoms. The van der Waals surface area contributed by atoms with Gasteiger partial charge in [0, 0.05) is 18.7 Å². The van der Waals surface area contributed by atoms with Crippen LogP contribution in [0.4, 0.5) is 0 Å².